The standard InChI is InChI=1S/C16H23N3/c1-19-10-16(11-19)7-12(8-16)6-13-2-5-18-15-3-4-17-9-14(13)15/h2,5,12,17H,3-4,6-11H2,1H3. The lowest BCUT2D eigenvalue weighted by Gasteiger charge is -2.58. The smallest absolute Gasteiger partial charge is 0.0463 e. The topological polar surface area (TPSA) is 28.2 Å². The molecule has 0 unspecified atom stereocenters. The predicted octanol–water partition coefficient (Wildman–Crippen LogP) is 1.61. The van der Waals surface area contributed by atoms with E-state index in [0.717, 1.165) is 25.4 Å². The summed E-state index contributed by atoms with van der Waals surface area (Å²) in [5, 5.41) is 3.49. The van der Waals surface area contributed by atoms with Gasteiger partial charge < -0.3 is 10.2 Å². The van der Waals surface area contributed by atoms with Gasteiger partial charge in [0.15, 0.2) is 0 Å². The zero-order valence-electron chi connectivity index (χ0n) is 11.8. The number of nitrogens with one attached hydrogen (secondary N) is 1. The second kappa shape index (κ2) is 4.29. The Morgan fingerprint density at radius 3 is 3.05 bits per heavy atom. The zero-order valence-corrected chi connectivity index (χ0v) is 11.8. The van der Waals surface area contributed by atoms with Gasteiger partial charge in [-0.3, -0.25) is 4.98 Å². The molecule has 0 amide bonds. The predicted molar refractivity (Wildman–Crippen MR) is 76.0 cm³/mol. The molecule has 4 rings (SSSR count). The van der Waals surface area contributed by atoms with Crippen LogP contribution in [-0.2, 0) is 19.4 Å². The van der Waals surface area contributed by atoms with E-state index in [-0.39, 0.29) is 0 Å². The van der Waals surface area contributed by atoms with Crippen LogP contribution >= 0.6 is 0 Å². The van der Waals surface area contributed by atoms with Crippen molar-refractivity contribution in [3.8, 4) is 0 Å². The second-order valence-electron chi connectivity index (χ2n) is 6.97. The van der Waals surface area contributed by atoms with Gasteiger partial charge in [0.05, 0.1) is 0 Å². The number of pyridine rings is 1. The molecule has 3 nitrogen and oxygen atoms in total. The summed E-state index contributed by atoms with van der Waals surface area (Å²) in [7, 11) is 2.24. The maximum Gasteiger partial charge on any atom is 0.0463 e. The van der Waals surface area contributed by atoms with Gasteiger partial charge in [0.1, 0.15) is 0 Å². The van der Waals surface area contributed by atoms with Gasteiger partial charge in [-0.15, -0.1) is 0 Å². The fourth-order valence-electron chi connectivity index (χ4n) is 4.60. The lowest BCUT2D eigenvalue weighted by atomic mass is 9.56. The van der Waals surface area contributed by atoms with Crippen molar-refractivity contribution in [2.45, 2.75) is 32.2 Å². The van der Waals surface area contributed by atoms with E-state index in [1.54, 1.807) is 5.56 Å². The van der Waals surface area contributed by atoms with E-state index in [0.29, 0.717) is 5.41 Å². The number of rotatable bonds is 2. The second-order valence-corrected chi connectivity index (χ2v) is 6.97. The molecule has 1 N–H and O–H groups in total. The van der Waals surface area contributed by atoms with Crippen molar-refractivity contribution in [1.82, 2.24) is 15.2 Å². The zero-order chi connectivity index (χ0) is 12.9. The van der Waals surface area contributed by atoms with Gasteiger partial charge in [0.2, 0.25) is 0 Å². The Morgan fingerprint density at radius 2 is 2.26 bits per heavy atom. The fourth-order valence-corrected chi connectivity index (χ4v) is 4.60. The monoisotopic (exact) mass is 257 g/mol. The van der Waals surface area contributed by atoms with E-state index in [2.05, 4.69) is 28.3 Å². The Kier molecular flexibility index (Phi) is 2.68. The third-order valence-electron chi connectivity index (χ3n) is 5.25. The lowest BCUT2D eigenvalue weighted by Crippen LogP contribution is -2.60. The highest BCUT2D eigenvalue weighted by molar-refractivity contribution is 5.32. The molecular weight excluding hydrogens is 234 g/mol. The molecule has 2 aliphatic heterocycles. The Bertz CT molecular complexity index is 483. The maximum absolute atomic E-state index is 4.55. The van der Waals surface area contributed by atoms with Crippen molar-refractivity contribution in [1.29, 1.82) is 0 Å². The minimum atomic E-state index is 0.713. The van der Waals surface area contributed by atoms with E-state index in [4.69, 9.17) is 0 Å². The summed E-state index contributed by atoms with van der Waals surface area (Å²) in [6.07, 6.45) is 7.29. The summed E-state index contributed by atoms with van der Waals surface area (Å²) in [5.74, 6) is 0.919. The first kappa shape index (κ1) is 11.9. The van der Waals surface area contributed by atoms with Gasteiger partial charge in [-0.1, -0.05) is 0 Å². The summed E-state index contributed by atoms with van der Waals surface area (Å²) in [5.41, 5.74) is 5.11. The normalized spacial score (nSPS) is 25.7. The minimum Gasteiger partial charge on any atom is -0.312 e. The van der Waals surface area contributed by atoms with E-state index in [1.807, 2.05) is 6.20 Å². The molecule has 102 valence electrons. The van der Waals surface area contributed by atoms with Crippen molar-refractivity contribution >= 4 is 0 Å². The molecule has 3 heteroatoms. The molecular formula is C16H23N3. The molecule has 1 aromatic heterocycles. The van der Waals surface area contributed by atoms with Gasteiger partial charge in [-0.05, 0) is 54.8 Å². The van der Waals surface area contributed by atoms with E-state index >= 15 is 0 Å². The molecule has 1 spiro atoms. The minimum absolute atomic E-state index is 0.713. The first-order valence-corrected chi connectivity index (χ1v) is 7.59. The maximum atomic E-state index is 4.55. The van der Waals surface area contributed by atoms with Crippen LogP contribution in [0.25, 0.3) is 0 Å². The van der Waals surface area contributed by atoms with Crippen molar-refractivity contribution in [3.05, 3.63) is 29.1 Å². The van der Waals surface area contributed by atoms with Crippen LogP contribution in [0.1, 0.15) is 29.7 Å². The number of likely N-dealkylation sites (tertiary alicyclic amines) is 1. The van der Waals surface area contributed by atoms with Gasteiger partial charge in [0.25, 0.3) is 0 Å². The van der Waals surface area contributed by atoms with Gasteiger partial charge >= 0.3 is 0 Å². The molecule has 1 saturated carbocycles. The van der Waals surface area contributed by atoms with Gasteiger partial charge in [-0.25, -0.2) is 0 Å². The number of fused-ring (bicyclic) bond motifs is 1. The van der Waals surface area contributed by atoms with Gasteiger partial charge in [-0.2, -0.15) is 0 Å². The number of nitrogens with zero attached hydrogens (tertiary/aromatic N) is 2. The van der Waals surface area contributed by atoms with E-state index in [9.17, 15) is 0 Å². The third kappa shape index (κ3) is 2.00. The highest BCUT2D eigenvalue weighted by Gasteiger charge is 2.50. The molecule has 3 heterocycles. The highest BCUT2D eigenvalue weighted by Crippen LogP contribution is 2.52. The lowest BCUT2D eigenvalue weighted by molar-refractivity contribution is -0.0810. The first-order valence-electron chi connectivity index (χ1n) is 7.59. The molecule has 0 atom stereocenters. The van der Waals surface area contributed by atoms with E-state index in [1.165, 1.54) is 43.6 Å². The van der Waals surface area contributed by atoms with Gasteiger partial charge in [0, 0.05) is 44.5 Å². The summed E-state index contributed by atoms with van der Waals surface area (Å²) >= 11 is 0. The average molecular weight is 257 g/mol. The number of hydrogen-bond donors (Lipinski definition) is 1. The summed E-state index contributed by atoms with van der Waals surface area (Å²) in [6, 6.07) is 2.25. The van der Waals surface area contributed by atoms with Crippen LogP contribution in [0.15, 0.2) is 12.3 Å². The Morgan fingerprint density at radius 1 is 1.42 bits per heavy atom. The summed E-state index contributed by atoms with van der Waals surface area (Å²) < 4.78 is 0. The quantitative estimate of drug-likeness (QED) is 0.872. The molecule has 1 saturated heterocycles. The van der Waals surface area contributed by atoms with Crippen molar-refractivity contribution in [2.75, 3.05) is 26.7 Å². The van der Waals surface area contributed by atoms with Crippen molar-refractivity contribution in [2.24, 2.45) is 11.3 Å². The molecule has 0 radical (unpaired) electrons. The highest BCUT2D eigenvalue weighted by atomic mass is 15.2. The van der Waals surface area contributed by atoms with Crippen LogP contribution in [-0.4, -0.2) is 36.6 Å². The first-order chi connectivity index (χ1) is 9.24. The van der Waals surface area contributed by atoms with Crippen LogP contribution in [0.3, 0.4) is 0 Å². The average Bonchev–Trinajstić information content (AvgIpc) is 2.35. The fraction of sp³-hybridized carbons (Fsp3) is 0.688. The van der Waals surface area contributed by atoms with Crippen LogP contribution in [0.4, 0.5) is 0 Å². The summed E-state index contributed by atoms with van der Waals surface area (Å²) in [4.78, 5) is 7.00. The van der Waals surface area contributed by atoms with E-state index < -0.39 is 0 Å². The largest absolute Gasteiger partial charge is 0.312 e. The summed E-state index contributed by atoms with van der Waals surface area (Å²) in [6.45, 7) is 4.78. The number of aromatic nitrogens is 1. The number of hydrogen-bond acceptors (Lipinski definition) is 3. The van der Waals surface area contributed by atoms with Crippen LogP contribution in [0.5, 0.6) is 0 Å². The molecule has 1 aliphatic carbocycles. The van der Waals surface area contributed by atoms with Crippen molar-refractivity contribution < 1.29 is 0 Å². The molecule has 3 aliphatic rings. The van der Waals surface area contributed by atoms with Crippen LogP contribution in [0.2, 0.25) is 0 Å². The molecule has 0 bridgehead atoms. The molecule has 0 aromatic carbocycles. The van der Waals surface area contributed by atoms with Crippen LogP contribution < -0.4 is 5.32 Å². The molecule has 1 aromatic rings. The Labute approximate surface area is 115 Å². The molecule has 2 fully saturated rings. The molecule has 19 heavy (non-hydrogen) atoms. The third-order valence-corrected chi connectivity index (χ3v) is 5.25. The Balaban J connectivity index is 1.44. The Hall–Kier alpha value is -0.930. The SMILES string of the molecule is CN1CC2(CC(Cc3ccnc4c3CNCC4)C2)C1. The van der Waals surface area contributed by atoms with Crippen molar-refractivity contribution in [3.63, 3.8) is 0 Å². The van der Waals surface area contributed by atoms with Crippen LogP contribution in [0, 0.1) is 11.3 Å².